The van der Waals surface area contributed by atoms with Crippen LogP contribution in [0.2, 0.25) is 0 Å². The van der Waals surface area contributed by atoms with Crippen molar-refractivity contribution >= 4 is 22.8 Å². The van der Waals surface area contributed by atoms with Crippen molar-refractivity contribution in [3.05, 3.63) is 79.3 Å². The summed E-state index contributed by atoms with van der Waals surface area (Å²) < 4.78 is 0.653. The molecule has 0 aliphatic carbocycles. The summed E-state index contributed by atoms with van der Waals surface area (Å²) in [6.07, 6.45) is 0. The third kappa shape index (κ3) is 26.0. The van der Waals surface area contributed by atoms with E-state index in [-0.39, 0.29) is 60.5 Å². The van der Waals surface area contributed by atoms with E-state index in [1.54, 1.807) is 11.0 Å². The normalized spacial score (nSPS) is 12.6. The zero-order valence-electron chi connectivity index (χ0n) is 21.6. The Labute approximate surface area is 227 Å². The van der Waals surface area contributed by atoms with E-state index < -0.39 is 0 Å². The molecule has 0 saturated heterocycles. The van der Waals surface area contributed by atoms with E-state index in [1.807, 2.05) is 0 Å². The monoisotopic (exact) mass is 606 g/mol. The van der Waals surface area contributed by atoms with Gasteiger partial charge in [0.1, 0.15) is 0 Å². The molecule has 0 bridgehead atoms. The van der Waals surface area contributed by atoms with Gasteiger partial charge in [0.2, 0.25) is 0 Å². The van der Waals surface area contributed by atoms with Crippen LogP contribution in [0.3, 0.4) is 0 Å². The first-order chi connectivity index (χ1) is 15.6. The summed E-state index contributed by atoms with van der Waals surface area (Å²) >= 11 is 6.95. The molecule has 18 heteroatoms. The van der Waals surface area contributed by atoms with Gasteiger partial charge in [-0.3, -0.25) is 0 Å². The van der Waals surface area contributed by atoms with Crippen molar-refractivity contribution in [2.45, 2.75) is 55.4 Å². The standard InChI is InChI=1S/2C4H8N2O2.2C4H7N2O2.2CH3.2Co/c4*1-3(5-7)4(2)6-8;;;;/h2*7-8H,1-2H3;2*5H,1-2H3;2*1H3;;/q;;4*-1;;/p-4. The third-order valence-electron chi connectivity index (χ3n) is 3.48. The minimum atomic E-state index is 0. The molecule has 0 atom stereocenters. The molecule has 0 unspecified atom stereocenters. The Balaban J connectivity index is -0.0000000819. The number of hydrogen-bond donors (Lipinski definition) is 2. The van der Waals surface area contributed by atoms with E-state index >= 15 is 0 Å². The number of rotatable bonds is 6. The summed E-state index contributed by atoms with van der Waals surface area (Å²) in [5, 5.41) is 88.7. The van der Waals surface area contributed by atoms with E-state index in [4.69, 9.17) is 0 Å². The maximum Gasteiger partial charge on any atom is -0.358 e. The van der Waals surface area contributed by atoms with Crippen LogP contribution in [-0.4, -0.2) is 30.3 Å². The molecule has 0 aromatic carbocycles. The van der Waals surface area contributed by atoms with Gasteiger partial charge in [-0.15, -0.1) is 0 Å². The fourth-order valence-corrected chi connectivity index (χ4v) is 1.01. The SMILES string of the molecule is CC(=N[O-])C(C)=N[O-].CC(=N[O-])C(C)=N[O-].CC(N[O-])=C(C)[N+]([O-])=[Co].CC(N[O-])=C(C)[N+]([O-])=[Co].[CH3-].[CH3-]. The average molecular weight is 606 g/mol. The summed E-state index contributed by atoms with van der Waals surface area (Å²) in [6.45, 7) is 11.7. The third-order valence-corrected chi connectivity index (χ3v) is 4.18. The van der Waals surface area contributed by atoms with Crippen LogP contribution in [-0.2, 0) is 31.1 Å². The Morgan fingerprint density at radius 3 is 0.750 bits per heavy atom. The average Bonchev–Trinajstić information content (AvgIpc) is 2.85. The number of hydroxylamine groups is 4. The van der Waals surface area contributed by atoms with Gasteiger partial charge < -0.3 is 56.3 Å². The van der Waals surface area contributed by atoms with Gasteiger partial charge >= 0.3 is 121 Å². The zero-order chi connectivity index (χ0) is 28.0. The molecule has 0 aromatic heterocycles. The van der Waals surface area contributed by atoms with Gasteiger partial charge in [0, 0.05) is 22.8 Å². The van der Waals surface area contributed by atoms with Gasteiger partial charge in [-0.25, -0.2) is 0 Å². The number of allylic oxidation sites excluding steroid dienone is 4. The molecular weight excluding hydrogens is 574 g/mol. The Hall–Kier alpha value is -2.59. The Morgan fingerprint density at radius 2 is 0.694 bits per heavy atom. The maximum absolute atomic E-state index is 10.3. The van der Waals surface area contributed by atoms with Gasteiger partial charge in [0.25, 0.3) is 0 Å². The Kier molecular flexibility index (Phi) is 37.2. The number of nitrogens with zero attached hydrogens (tertiary/aromatic N) is 6. The molecule has 218 valence electrons. The molecule has 2 N–H and O–H groups in total. The molecule has 36 heavy (non-hydrogen) atoms. The molecule has 0 aromatic rings. The van der Waals surface area contributed by atoms with Crippen molar-refractivity contribution in [1.82, 2.24) is 11.0 Å². The van der Waals surface area contributed by atoms with Crippen LogP contribution in [0.5, 0.6) is 0 Å². The topological polar surface area (TPSA) is 264 Å². The van der Waals surface area contributed by atoms with Crippen molar-refractivity contribution < 1.29 is 38.6 Å². The van der Waals surface area contributed by atoms with Crippen molar-refractivity contribution in [1.29, 1.82) is 0 Å². The first-order valence-electron chi connectivity index (χ1n) is 8.64. The van der Waals surface area contributed by atoms with Crippen LogP contribution >= 0.6 is 0 Å². The van der Waals surface area contributed by atoms with Crippen LogP contribution < -0.4 is 11.0 Å². The van der Waals surface area contributed by atoms with Gasteiger partial charge in [0.15, 0.2) is 0 Å². The van der Waals surface area contributed by atoms with E-state index in [0.717, 1.165) is 0 Å². The molecule has 0 aliphatic rings. The molecule has 0 heterocycles. The summed E-state index contributed by atoms with van der Waals surface area (Å²) in [5.74, 6) is 0. The zero-order valence-corrected chi connectivity index (χ0v) is 23.7. The molecule has 0 aliphatic heterocycles. The van der Waals surface area contributed by atoms with Crippen molar-refractivity contribution in [2.24, 2.45) is 20.6 Å². The molecule has 0 fully saturated rings. The Bertz CT molecular complexity index is 741. The number of hydrogen-bond acceptors (Lipinski definition) is 14. The minimum Gasteiger partial charge on any atom is -0.358 e. The molecule has 0 radical (unpaired) electrons. The molecule has 0 amide bonds. The van der Waals surface area contributed by atoms with Crippen LogP contribution in [0.1, 0.15) is 55.4 Å². The molecular formula is C18H32Co2N8O8-8. The predicted octanol–water partition coefficient (Wildman–Crippen LogP) is 3.84. The van der Waals surface area contributed by atoms with Crippen LogP contribution in [0.25, 0.3) is 0 Å². The van der Waals surface area contributed by atoms with Gasteiger partial charge in [-0.05, 0) is 27.7 Å². The molecule has 0 rings (SSSR count). The second kappa shape index (κ2) is 28.6. The van der Waals surface area contributed by atoms with Gasteiger partial charge in [0.05, 0.1) is 0 Å². The van der Waals surface area contributed by atoms with Crippen LogP contribution in [0, 0.1) is 56.5 Å². The first-order valence-corrected chi connectivity index (χ1v) is 9.57. The quantitative estimate of drug-likeness (QED) is 0.250. The van der Waals surface area contributed by atoms with Gasteiger partial charge in [-0.2, -0.15) is 0 Å². The molecule has 0 spiro atoms. The maximum atomic E-state index is 10.3. The fraction of sp³-hybridized carbons (Fsp3) is 0.444. The predicted molar refractivity (Wildman–Crippen MR) is 136 cm³/mol. The summed E-state index contributed by atoms with van der Waals surface area (Å²) in [6, 6.07) is 0. The van der Waals surface area contributed by atoms with Crippen LogP contribution in [0.15, 0.2) is 43.4 Å². The molecule has 0 saturated carbocycles. The van der Waals surface area contributed by atoms with Crippen LogP contribution in [0.4, 0.5) is 0 Å². The van der Waals surface area contributed by atoms with Gasteiger partial charge in [-0.1, -0.05) is 0 Å². The second-order valence-corrected chi connectivity index (χ2v) is 6.63. The largest absolute Gasteiger partial charge is 0.358 e. The first kappa shape index (κ1) is 46.7. The van der Waals surface area contributed by atoms with E-state index in [1.165, 1.54) is 55.4 Å². The van der Waals surface area contributed by atoms with Crippen molar-refractivity contribution in [2.75, 3.05) is 0 Å². The van der Waals surface area contributed by atoms with Crippen molar-refractivity contribution in [3.8, 4) is 0 Å². The smallest absolute Gasteiger partial charge is 0.358 e. The summed E-state index contributed by atoms with van der Waals surface area (Å²) in [5.41, 5.74) is 4.81. The minimum absolute atomic E-state index is 0. The summed E-state index contributed by atoms with van der Waals surface area (Å²) in [7, 11) is 0. The fourth-order valence-electron chi connectivity index (χ4n) is 0.661. The van der Waals surface area contributed by atoms with Crippen molar-refractivity contribution in [3.63, 3.8) is 0 Å². The van der Waals surface area contributed by atoms with E-state index in [2.05, 4.69) is 51.7 Å². The second-order valence-electron chi connectivity index (χ2n) is 5.79. The van der Waals surface area contributed by atoms with E-state index in [9.17, 15) is 41.7 Å². The summed E-state index contributed by atoms with van der Waals surface area (Å²) in [4.78, 5) is 0. The number of nitrogens with one attached hydrogen (secondary N) is 2. The Morgan fingerprint density at radius 1 is 0.528 bits per heavy atom. The van der Waals surface area contributed by atoms with E-state index in [0.29, 0.717) is 7.48 Å². The molecule has 16 nitrogen and oxygen atoms in total.